The van der Waals surface area contributed by atoms with E-state index in [2.05, 4.69) is 10.6 Å². The molecule has 5 heteroatoms. The highest BCUT2D eigenvalue weighted by atomic mass is 19.1. The van der Waals surface area contributed by atoms with Gasteiger partial charge < -0.3 is 9.73 Å². The summed E-state index contributed by atoms with van der Waals surface area (Å²) in [5.41, 5.74) is 1.86. The highest BCUT2D eigenvalue weighted by Crippen LogP contribution is 2.21. The largest absolute Gasteiger partial charge is 0.467 e. The maximum Gasteiger partial charge on any atom is 0.234 e. The van der Waals surface area contributed by atoms with Crippen molar-refractivity contribution < 1.29 is 13.6 Å². The van der Waals surface area contributed by atoms with E-state index in [4.69, 9.17) is 4.42 Å². The fourth-order valence-electron chi connectivity index (χ4n) is 2.54. The van der Waals surface area contributed by atoms with Crippen LogP contribution < -0.4 is 10.6 Å². The van der Waals surface area contributed by atoms with Crippen LogP contribution >= 0.6 is 0 Å². The molecule has 0 unspecified atom stereocenters. The van der Waals surface area contributed by atoms with E-state index in [-0.39, 0.29) is 24.3 Å². The summed E-state index contributed by atoms with van der Waals surface area (Å²) in [6.07, 6.45) is 1.61. The summed E-state index contributed by atoms with van der Waals surface area (Å²) in [6.45, 7) is 0.499. The van der Waals surface area contributed by atoms with Gasteiger partial charge >= 0.3 is 0 Å². The van der Waals surface area contributed by atoms with Crippen LogP contribution in [-0.2, 0) is 11.3 Å². The number of furan rings is 1. The molecule has 0 saturated carbocycles. The van der Waals surface area contributed by atoms with Gasteiger partial charge in [-0.1, -0.05) is 42.5 Å². The Morgan fingerprint density at radius 3 is 2.44 bits per heavy atom. The lowest BCUT2D eigenvalue weighted by molar-refractivity contribution is -0.120. The maximum absolute atomic E-state index is 12.9. The van der Waals surface area contributed by atoms with Gasteiger partial charge in [0.05, 0.1) is 18.8 Å². The highest BCUT2D eigenvalue weighted by Gasteiger charge is 2.17. The Morgan fingerprint density at radius 1 is 1.00 bits per heavy atom. The van der Waals surface area contributed by atoms with Crippen LogP contribution in [0, 0.1) is 5.82 Å². The Bertz CT molecular complexity index is 786. The van der Waals surface area contributed by atoms with Gasteiger partial charge in [0.25, 0.3) is 0 Å². The molecule has 1 heterocycles. The summed E-state index contributed by atoms with van der Waals surface area (Å²) in [4.78, 5) is 12.1. The predicted molar refractivity (Wildman–Crippen MR) is 93.2 cm³/mol. The standard InChI is InChI=1S/C20H19FN2O2/c21-17-10-8-15(9-11-17)13-22-19(24)14-23-20(18-7-4-12-25-18)16-5-2-1-3-6-16/h1-12,20,23H,13-14H2,(H,22,24)/t20-/m0/s1. The minimum absolute atomic E-state index is 0.140. The van der Waals surface area contributed by atoms with Crippen molar-refractivity contribution in [3.8, 4) is 0 Å². The number of rotatable bonds is 7. The lowest BCUT2D eigenvalue weighted by atomic mass is 10.0. The molecule has 0 saturated heterocycles. The third kappa shape index (κ3) is 4.78. The molecule has 3 aromatic rings. The lowest BCUT2D eigenvalue weighted by Gasteiger charge is -2.17. The first kappa shape index (κ1) is 16.9. The molecule has 0 aliphatic heterocycles. The summed E-state index contributed by atoms with van der Waals surface area (Å²) >= 11 is 0. The zero-order valence-corrected chi connectivity index (χ0v) is 13.6. The first-order chi connectivity index (χ1) is 12.2. The van der Waals surface area contributed by atoms with Gasteiger partial charge in [0.2, 0.25) is 5.91 Å². The van der Waals surface area contributed by atoms with Crippen molar-refractivity contribution in [2.75, 3.05) is 6.54 Å². The van der Waals surface area contributed by atoms with Gasteiger partial charge in [-0.15, -0.1) is 0 Å². The number of halogens is 1. The number of benzene rings is 2. The molecule has 128 valence electrons. The molecular formula is C20H19FN2O2. The summed E-state index contributed by atoms with van der Waals surface area (Å²) < 4.78 is 18.4. The molecule has 2 aromatic carbocycles. The zero-order chi connectivity index (χ0) is 17.5. The van der Waals surface area contributed by atoms with Crippen molar-refractivity contribution in [1.29, 1.82) is 0 Å². The van der Waals surface area contributed by atoms with Crippen LogP contribution in [0.25, 0.3) is 0 Å². The number of hydrogen-bond acceptors (Lipinski definition) is 3. The van der Waals surface area contributed by atoms with Gasteiger partial charge in [-0.25, -0.2) is 4.39 Å². The van der Waals surface area contributed by atoms with Crippen LogP contribution in [0.3, 0.4) is 0 Å². The molecule has 0 spiro atoms. The van der Waals surface area contributed by atoms with Gasteiger partial charge in [-0.05, 0) is 35.4 Å². The smallest absolute Gasteiger partial charge is 0.234 e. The molecule has 3 rings (SSSR count). The number of amides is 1. The van der Waals surface area contributed by atoms with E-state index >= 15 is 0 Å². The van der Waals surface area contributed by atoms with Gasteiger partial charge in [-0.3, -0.25) is 10.1 Å². The number of nitrogens with one attached hydrogen (secondary N) is 2. The average molecular weight is 338 g/mol. The Balaban J connectivity index is 1.57. The van der Waals surface area contributed by atoms with Crippen molar-refractivity contribution in [3.63, 3.8) is 0 Å². The molecule has 1 aromatic heterocycles. The number of carbonyl (C=O) groups is 1. The summed E-state index contributed by atoms with van der Waals surface area (Å²) in [5.74, 6) is 0.315. The quantitative estimate of drug-likeness (QED) is 0.694. The number of carbonyl (C=O) groups excluding carboxylic acids is 1. The third-order valence-electron chi connectivity index (χ3n) is 3.83. The minimum atomic E-state index is -0.291. The molecule has 0 aliphatic rings. The van der Waals surface area contributed by atoms with Crippen LogP contribution in [-0.4, -0.2) is 12.5 Å². The first-order valence-corrected chi connectivity index (χ1v) is 8.05. The van der Waals surface area contributed by atoms with Crippen molar-refractivity contribution in [2.45, 2.75) is 12.6 Å². The van der Waals surface area contributed by atoms with Crippen LogP contribution in [0.4, 0.5) is 4.39 Å². The van der Waals surface area contributed by atoms with Crippen molar-refractivity contribution in [3.05, 3.63) is 95.7 Å². The monoisotopic (exact) mass is 338 g/mol. The average Bonchev–Trinajstić information content (AvgIpc) is 3.17. The Kier molecular flexibility index (Phi) is 5.59. The SMILES string of the molecule is O=C(CN[C@@H](c1ccccc1)c1ccco1)NCc1ccc(F)cc1. The van der Waals surface area contributed by atoms with E-state index in [1.54, 1.807) is 18.4 Å². The number of hydrogen-bond donors (Lipinski definition) is 2. The second kappa shape index (κ2) is 8.26. The van der Waals surface area contributed by atoms with Crippen molar-refractivity contribution >= 4 is 5.91 Å². The Hall–Kier alpha value is -2.92. The minimum Gasteiger partial charge on any atom is -0.467 e. The zero-order valence-electron chi connectivity index (χ0n) is 13.6. The molecule has 1 amide bonds. The van der Waals surface area contributed by atoms with E-state index in [0.717, 1.165) is 16.9 Å². The van der Waals surface area contributed by atoms with E-state index in [0.29, 0.717) is 6.54 Å². The predicted octanol–water partition coefficient (Wildman–Crippen LogP) is 3.41. The Labute approximate surface area is 145 Å². The summed E-state index contributed by atoms with van der Waals surface area (Å²) in [5, 5.41) is 6.03. The van der Waals surface area contributed by atoms with E-state index in [1.165, 1.54) is 12.1 Å². The van der Waals surface area contributed by atoms with E-state index < -0.39 is 0 Å². The molecule has 4 nitrogen and oxygen atoms in total. The van der Waals surface area contributed by atoms with Gasteiger partial charge in [0.1, 0.15) is 11.6 Å². The molecule has 1 atom stereocenters. The first-order valence-electron chi connectivity index (χ1n) is 8.05. The molecule has 25 heavy (non-hydrogen) atoms. The molecule has 0 radical (unpaired) electrons. The molecule has 0 fully saturated rings. The molecule has 2 N–H and O–H groups in total. The van der Waals surface area contributed by atoms with Gasteiger partial charge in [-0.2, -0.15) is 0 Å². The summed E-state index contributed by atoms with van der Waals surface area (Å²) in [6, 6.07) is 19.4. The summed E-state index contributed by atoms with van der Waals surface area (Å²) in [7, 11) is 0. The molecular weight excluding hydrogens is 319 g/mol. The fraction of sp³-hybridized carbons (Fsp3) is 0.150. The van der Waals surface area contributed by atoms with Crippen LogP contribution in [0.5, 0.6) is 0 Å². The van der Waals surface area contributed by atoms with Gasteiger partial charge in [0, 0.05) is 6.54 Å². The normalized spacial score (nSPS) is 11.9. The highest BCUT2D eigenvalue weighted by molar-refractivity contribution is 5.78. The van der Waals surface area contributed by atoms with Crippen molar-refractivity contribution in [2.24, 2.45) is 0 Å². The maximum atomic E-state index is 12.9. The van der Waals surface area contributed by atoms with Gasteiger partial charge in [0.15, 0.2) is 0 Å². The third-order valence-corrected chi connectivity index (χ3v) is 3.83. The lowest BCUT2D eigenvalue weighted by Crippen LogP contribution is -2.35. The van der Waals surface area contributed by atoms with Crippen LogP contribution in [0.1, 0.15) is 22.9 Å². The van der Waals surface area contributed by atoms with Crippen molar-refractivity contribution in [1.82, 2.24) is 10.6 Å². The Morgan fingerprint density at radius 2 is 1.76 bits per heavy atom. The fourth-order valence-corrected chi connectivity index (χ4v) is 2.54. The second-order valence-electron chi connectivity index (χ2n) is 5.64. The molecule has 0 bridgehead atoms. The van der Waals surface area contributed by atoms with Crippen LogP contribution in [0.15, 0.2) is 77.4 Å². The molecule has 0 aliphatic carbocycles. The second-order valence-corrected chi connectivity index (χ2v) is 5.64. The van der Waals surface area contributed by atoms with E-state index in [9.17, 15) is 9.18 Å². The topological polar surface area (TPSA) is 54.3 Å². The van der Waals surface area contributed by atoms with E-state index in [1.807, 2.05) is 42.5 Å². The van der Waals surface area contributed by atoms with Crippen LogP contribution in [0.2, 0.25) is 0 Å².